The topological polar surface area (TPSA) is 47.3 Å². The van der Waals surface area contributed by atoms with Crippen molar-refractivity contribution in [2.24, 2.45) is 0 Å². The lowest BCUT2D eigenvalue weighted by Gasteiger charge is -2.27. The van der Waals surface area contributed by atoms with Gasteiger partial charge in [-0.3, -0.25) is 4.68 Å². The van der Waals surface area contributed by atoms with Crippen LogP contribution in [0.4, 0.5) is 0 Å². The number of aliphatic hydroxyl groups excluding tert-OH is 1. The van der Waals surface area contributed by atoms with E-state index < -0.39 is 0 Å². The van der Waals surface area contributed by atoms with Crippen molar-refractivity contribution in [1.29, 1.82) is 0 Å². The molecular formula is C16H20N2O2. The summed E-state index contributed by atoms with van der Waals surface area (Å²) in [7, 11) is 0. The van der Waals surface area contributed by atoms with Crippen molar-refractivity contribution in [1.82, 2.24) is 9.78 Å². The van der Waals surface area contributed by atoms with Crippen LogP contribution in [-0.4, -0.2) is 27.1 Å². The average Bonchev–Trinajstić information content (AvgIpc) is 2.90. The minimum atomic E-state index is -0.346. The van der Waals surface area contributed by atoms with E-state index in [1.54, 1.807) is 6.20 Å². The van der Waals surface area contributed by atoms with Crippen LogP contribution in [0.3, 0.4) is 0 Å². The molecular weight excluding hydrogens is 252 g/mol. The Hall–Kier alpha value is -1.81. The molecule has 0 amide bonds. The summed E-state index contributed by atoms with van der Waals surface area (Å²) >= 11 is 0. The molecule has 0 saturated heterocycles. The molecule has 2 atom stereocenters. The molecule has 2 aromatic rings. The van der Waals surface area contributed by atoms with Crippen molar-refractivity contribution in [3.8, 4) is 5.75 Å². The number of benzene rings is 1. The van der Waals surface area contributed by atoms with E-state index in [1.807, 2.05) is 29.1 Å². The second kappa shape index (κ2) is 6.09. The highest BCUT2D eigenvalue weighted by molar-refractivity contribution is 5.17. The van der Waals surface area contributed by atoms with Crippen molar-refractivity contribution < 1.29 is 9.84 Å². The van der Waals surface area contributed by atoms with Crippen molar-refractivity contribution in [3.05, 3.63) is 48.3 Å². The maximum atomic E-state index is 9.92. The molecule has 4 heteroatoms. The first kappa shape index (κ1) is 13.2. The smallest absolute Gasteiger partial charge is 0.157 e. The van der Waals surface area contributed by atoms with Crippen molar-refractivity contribution in [2.45, 2.75) is 44.4 Å². The lowest BCUT2D eigenvalue weighted by molar-refractivity contribution is 0.00683. The molecule has 1 fully saturated rings. The Balaban J connectivity index is 1.62. The first-order valence-corrected chi connectivity index (χ1v) is 7.22. The van der Waals surface area contributed by atoms with Crippen LogP contribution >= 0.6 is 0 Å². The van der Waals surface area contributed by atoms with Crippen LogP contribution in [0.25, 0.3) is 0 Å². The predicted molar refractivity (Wildman–Crippen MR) is 76.7 cm³/mol. The van der Waals surface area contributed by atoms with E-state index in [2.05, 4.69) is 17.2 Å². The van der Waals surface area contributed by atoms with Gasteiger partial charge in [-0.15, -0.1) is 0 Å². The average molecular weight is 272 g/mol. The summed E-state index contributed by atoms with van der Waals surface area (Å²) in [5.74, 6) is 0.742. The Morgan fingerprint density at radius 1 is 1.20 bits per heavy atom. The summed E-state index contributed by atoms with van der Waals surface area (Å²) in [5, 5.41) is 14.2. The number of aromatic nitrogens is 2. The van der Waals surface area contributed by atoms with Gasteiger partial charge in [-0.1, -0.05) is 36.8 Å². The van der Waals surface area contributed by atoms with Crippen molar-refractivity contribution in [2.75, 3.05) is 0 Å². The Bertz CT molecular complexity index is 538. The molecule has 0 radical (unpaired) electrons. The molecule has 1 saturated carbocycles. The van der Waals surface area contributed by atoms with Crippen molar-refractivity contribution in [3.63, 3.8) is 0 Å². The molecule has 1 aliphatic rings. The van der Waals surface area contributed by atoms with Gasteiger partial charge in [0.15, 0.2) is 5.75 Å². The van der Waals surface area contributed by atoms with Gasteiger partial charge in [-0.25, -0.2) is 0 Å². The summed E-state index contributed by atoms with van der Waals surface area (Å²) in [5.41, 5.74) is 1.21. The third-order valence-electron chi connectivity index (χ3n) is 3.75. The summed E-state index contributed by atoms with van der Waals surface area (Å²) in [4.78, 5) is 0. The second-order valence-electron chi connectivity index (χ2n) is 5.37. The molecule has 1 heterocycles. The highest BCUT2D eigenvalue weighted by atomic mass is 16.5. The van der Waals surface area contributed by atoms with Gasteiger partial charge in [-0.2, -0.15) is 5.10 Å². The van der Waals surface area contributed by atoms with Crippen LogP contribution in [0.2, 0.25) is 0 Å². The fourth-order valence-corrected chi connectivity index (χ4v) is 2.65. The van der Waals surface area contributed by atoms with E-state index in [0.717, 1.165) is 38.0 Å². The Morgan fingerprint density at radius 3 is 2.80 bits per heavy atom. The minimum absolute atomic E-state index is 0.0851. The van der Waals surface area contributed by atoms with Crippen LogP contribution in [0, 0.1) is 0 Å². The number of hydrogen-bond acceptors (Lipinski definition) is 3. The summed E-state index contributed by atoms with van der Waals surface area (Å²) in [6, 6.07) is 10.2. The third kappa shape index (κ3) is 3.20. The number of aliphatic hydroxyl groups is 1. The molecule has 3 rings (SSSR count). The minimum Gasteiger partial charge on any atom is -0.484 e. The molecule has 0 aliphatic heterocycles. The lowest BCUT2D eigenvalue weighted by atomic mass is 9.95. The van der Waals surface area contributed by atoms with Gasteiger partial charge in [-0.05, 0) is 24.8 Å². The Morgan fingerprint density at radius 2 is 2.00 bits per heavy atom. The Kier molecular flexibility index (Phi) is 4.02. The molecule has 1 aromatic carbocycles. The molecule has 1 aliphatic carbocycles. The largest absolute Gasteiger partial charge is 0.484 e. The van der Waals surface area contributed by atoms with E-state index >= 15 is 0 Å². The second-order valence-corrected chi connectivity index (χ2v) is 5.37. The molecule has 0 bridgehead atoms. The lowest BCUT2D eigenvalue weighted by Crippen LogP contribution is -2.34. The molecule has 1 aromatic heterocycles. The summed E-state index contributed by atoms with van der Waals surface area (Å²) < 4.78 is 7.71. The molecule has 1 N–H and O–H groups in total. The van der Waals surface area contributed by atoms with Crippen LogP contribution in [0.15, 0.2) is 42.7 Å². The van der Waals surface area contributed by atoms with Gasteiger partial charge in [0.1, 0.15) is 6.10 Å². The number of hydrogen-bond donors (Lipinski definition) is 1. The predicted octanol–water partition coefficient (Wildman–Crippen LogP) is 2.61. The van der Waals surface area contributed by atoms with E-state index in [4.69, 9.17) is 4.74 Å². The first-order chi connectivity index (χ1) is 9.81. The van der Waals surface area contributed by atoms with Crippen LogP contribution < -0.4 is 4.74 Å². The zero-order chi connectivity index (χ0) is 13.8. The van der Waals surface area contributed by atoms with Gasteiger partial charge in [0, 0.05) is 0 Å². The quantitative estimate of drug-likeness (QED) is 0.930. The molecule has 2 unspecified atom stereocenters. The van der Waals surface area contributed by atoms with Crippen LogP contribution in [0.1, 0.15) is 31.2 Å². The van der Waals surface area contributed by atoms with Gasteiger partial charge in [0.2, 0.25) is 0 Å². The van der Waals surface area contributed by atoms with E-state index in [9.17, 15) is 5.11 Å². The Labute approximate surface area is 119 Å². The maximum Gasteiger partial charge on any atom is 0.157 e. The normalized spacial score (nSPS) is 22.6. The van der Waals surface area contributed by atoms with Gasteiger partial charge < -0.3 is 9.84 Å². The highest BCUT2D eigenvalue weighted by Crippen LogP contribution is 2.23. The van der Waals surface area contributed by atoms with Crippen LogP contribution in [-0.2, 0) is 6.54 Å². The number of nitrogens with zero attached hydrogens (tertiary/aromatic N) is 2. The number of rotatable bonds is 4. The van der Waals surface area contributed by atoms with Gasteiger partial charge in [0.05, 0.1) is 25.0 Å². The zero-order valence-corrected chi connectivity index (χ0v) is 11.5. The van der Waals surface area contributed by atoms with Gasteiger partial charge >= 0.3 is 0 Å². The third-order valence-corrected chi connectivity index (χ3v) is 3.75. The fourth-order valence-electron chi connectivity index (χ4n) is 2.65. The molecule has 20 heavy (non-hydrogen) atoms. The molecule has 0 spiro atoms. The highest BCUT2D eigenvalue weighted by Gasteiger charge is 2.24. The fraction of sp³-hybridized carbons (Fsp3) is 0.438. The maximum absolute atomic E-state index is 9.92. The summed E-state index contributed by atoms with van der Waals surface area (Å²) in [6.07, 6.45) is 7.17. The molecule has 4 nitrogen and oxygen atoms in total. The van der Waals surface area contributed by atoms with Crippen LogP contribution in [0.5, 0.6) is 5.75 Å². The van der Waals surface area contributed by atoms with E-state index in [-0.39, 0.29) is 12.2 Å². The first-order valence-electron chi connectivity index (χ1n) is 7.22. The number of ether oxygens (including phenoxy) is 1. The van der Waals surface area contributed by atoms with Crippen molar-refractivity contribution >= 4 is 0 Å². The SMILES string of the molecule is OC1CCCCC1Oc1cnn(Cc2ccccc2)c1. The van der Waals surface area contributed by atoms with Gasteiger partial charge in [0.25, 0.3) is 0 Å². The monoisotopic (exact) mass is 272 g/mol. The van der Waals surface area contributed by atoms with E-state index in [1.165, 1.54) is 5.56 Å². The molecule has 106 valence electrons. The summed E-state index contributed by atoms with van der Waals surface area (Å²) in [6.45, 7) is 0.734. The standard InChI is InChI=1S/C16H20N2O2/c19-15-8-4-5-9-16(15)20-14-10-17-18(12-14)11-13-6-2-1-3-7-13/h1-3,6-7,10,12,15-16,19H,4-5,8-9,11H2. The van der Waals surface area contributed by atoms with E-state index in [0.29, 0.717) is 0 Å². The zero-order valence-electron chi connectivity index (χ0n) is 11.5.